The van der Waals surface area contributed by atoms with Crippen LogP contribution in [0.4, 0.5) is 4.39 Å². The highest BCUT2D eigenvalue weighted by Crippen LogP contribution is 2.51. The minimum atomic E-state index is -0.957. The number of carbonyl (C=O) groups excluding carboxylic acids is 3. The molecule has 0 aromatic heterocycles. The number of rotatable bonds is 5. The highest BCUT2D eigenvalue weighted by Gasteiger charge is 2.58. The van der Waals surface area contributed by atoms with E-state index in [9.17, 15) is 18.8 Å². The highest BCUT2D eigenvalue weighted by atomic mass is 35.5. The molecule has 0 unspecified atom stereocenters. The van der Waals surface area contributed by atoms with Crippen molar-refractivity contribution in [2.75, 3.05) is 13.7 Å². The molecule has 3 saturated carbocycles. The van der Waals surface area contributed by atoms with E-state index in [1.807, 2.05) is 0 Å². The first kappa shape index (κ1) is 18.6. The van der Waals surface area contributed by atoms with E-state index in [0.717, 1.165) is 6.07 Å². The molecule has 2 bridgehead atoms. The fourth-order valence-electron chi connectivity index (χ4n) is 3.79. The quantitative estimate of drug-likeness (QED) is 0.790. The molecule has 3 aliphatic carbocycles. The number of ketones is 1. The van der Waals surface area contributed by atoms with E-state index in [4.69, 9.17) is 21.1 Å². The zero-order chi connectivity index (χ0) is 18.9. The molecule has 140 valence electrons. The first-order valence-electron chi connectivity index (χ1n) is 8.31. The van der Waals surface area contributed by atoms with Gasteiger partial charge in [0.15, 0.2) is 12.4 Å². The topological polar surface area (TPSA) is 81.7 Å². The Labute approximate surface area is 155 Å². The van der Waals surface area contributed by atoms with E-state index in [1.54, 1.807) is 0 Å². The van der Waals surface area contributed by atoms with E-state index in [1.165, 1.54) is 19.2 Å². The third-order valence-electron chi connectivity index (χ3n) is 5.35. The van der Waals surface area contributed by atoms with Gasteiger partial charge >= 0.3 is 5.97 Å². The van der Waals surface area contributed by atoms with E-state index in [-0.39, 0.29) is 35.6 Å². The predicted molar refractivity (Wildman–Crippen MR) is 90.3 cm³/mol. The molecule has 4 rings (SSSR count). The molecule has 0 heterocycles. The maximum absolute atomic E-state index is 13.4. The molecule has 0 radical (unpaired) electrons. The van der Waals surface area contributed by atoms with Crippen molar-refractivity contribution in [3.63, 3.8) is 0 Å². The fourth-order valence-corrected chi connectivity index (χ4v) is 3.91. The second-order valence-electron chi connectivity index (χ2n) is 6.87. The summed E-state index contributed by atoms with van der Waals surface area (Å²) in [5.74, 6) is -1.47. The van der Waals surface area contributed by atoms with Gasteiger partial charge in [-0.3, -0.25) is 14.4 Å². The molecule has 0 spiro atoms. The molecule has 3 aliphatic rings. The molecule has 1 aromatic carbocycles. The van der Waals surface area contributed by atoms with Crippen LogP contribution in [-0.2, 0) is 19.1 Å². The molecule has 1 N–H and O–H groups in total. The third-order valence-corrected chi connectivity index (χ3v) is 5.66. The van der Waals surface area contributed by atoms with Gasteiger partial charge in [-0.05, 0) is 37.8 Å². The molecule has 0 aliphatic heterocycles. The summed E-state index contributed by atoms with van der Waals surface area (Å²) in [7, 11) is 1.32. The number of esters is 1. The summed E-state index contributed by atoms with van der Waals surface area (Å²) in [6, 6.07) is 3.88. The normalized spacial score (nSPS) is 27.1. The molecule has 1 aromatic rings. The van der Waals surface area contributed by atoms with Crippen molar-refractivity contribution < 1.29 is 28.2 Å². The molecule has 0 saturated heterocycles. The van der Waals surface area contributed by atoms with Crippen LogP contribution >= 0.6 is 11.6 Å². The van der Waals surface area contributed by atoms with Crippen LogP contribution in [0.25, 0.3) is 0 Å². The van der Waals surface area contributed by atoms with E-state index < -0.39 is 22.7 Å². The monoisotopic (exact) mass is 383 g/mol. The van der Waals surface area contributed by atoms with Crippen LogP contribution < -0.4 is 10.1 Å². The minimum Gasteiger partial charge on any atom is -0.484 e. The lowest BCUT2D eigenvalue weighted by molar-refractivity contribution is -0.166. The fraction of sp³-hybridized carbons (Fsp3) is 0.500. The summed E-state index contributed by atoms with van der Waals surface area (Å²) >= 11 is 5.59. The number of hydrogen-bond acceptors (Lipinski definition) is 5. The summed E-state index contributed by atoms with van der Waals surface area (Å²) in [5.41, 5.74) is -1.71. The first-order chi connectivity index (χ1) is 12.3. The number of nitrogens with one attached hydrogen (secondary N) is 1. The van der Waals surface area contributed by atoms with Crippen molar-refractivity contribution >= 4 is 29.3 Å². The first-order valence-corrected chi connectivity index (χ1v) is 8.69. The Hall–Kier alpha value is -2.15. The Morgan fingerprint density at radius 2 is 1.96 bits per heavy atom. The van der Waals surface area contributed by atoms with Gasteiger partial charge < -0.3 is 14.8 Å². The van der Waals surface area contributed by atoms with Crippen molar-refractivity contribution in [1.82, 2.24) is 5.32 Å². The number of amides is 1. The molecular weight excluding hydrogens is 365 g/mol. The number of benzene rings is 1. The maximum Gasteiger partial charge on any atom is 0.312 e. The summed E-state index contributed by atoms with van der Waals surface area (Å²) in [6.07, 6.45) is 1.84. The van der Waals surface area contributed by atoms with Crippen molar-refractivity contribution in [2.24, 2.45) is 5.41 Å². The Bertz CT molecular complexity index is 758. The number of halogens is 2. The van der Waals surface area contributed by atoms with E-state index in [0.29, 0.717) is 25.7 Å². The Morgan fingerprint density at radius 1 is 1.27 bits per heavy atom. The summed E-state index contributed by atoms with van der Waals surface area (Å²) in [6.45, 7) is -0.349. The predicted octanol–water partition coefficient (Wildman–Crippen LogP) is 2.42. The third kappa shape index (κ3) is 3.28. The lowest BCUT2D eigenvalue weighted by atomic mass is 9.56. The molecule has 3 fully saturated rings. The molecule has 1 amide bonds. The minimum absolute atomic E-state index is 0.0372. The van der Waals surface area contributed by atoms with Gasteiger partial charge in [-0.15, -0.1) is 0 Å². The van der Waals surface area contributed by atoms with Crippen LogP contribution in [0.15, 0.2) is 18.2 Å². The summed E-state index contributed by atoms with van der Waals surface area (Å²) in [5, 5.41) is 2.72. The van der Waals surface area contributed by atoms with Gasteiger partial charge in [0.05, 0.1) is 23.1 Å². The van der Waals surface area contributed by atoms with Crippen LogP contribution in [0.3, 0.4) is 0 Å². The van der Waals surface area contributed by atoms with Crippen LogP contribution in [0.2, 0.25) is 5.02 Å². The summed E-state index contributed by atoms with van der Waals surface area (Å²) < 4.78 is 23.5. The van der Waals surface area contributed by atoms with Crippen LogP contribution in [0.5, 0.6) is 5.75 Å². The lowest BCUT2D eigenvalue weighted by Crippen LogP contribution is -2.64. The SMILES string of the molecule is COC(=O)C12CCC(NC(=O)COc3ccc(Cl)c(F)c3)(CC1)C(=O)C2. The largest absolute Gasteiger partial charge is 0.484 e. The number of hydrogen-bond donors (Lipinski definition) is 1. The van der Waals surface area contributed by atoms with Gasteiger partial charge in [-0.1, -0.05) is 11.6 Å². The van der Waals surface area contributed by atoms with Crippen molar-refractivity contribution in [3.8, 4) is 5.75 Å². The molecule has 8 heteroatoms. The van der Waals surface area contributed by atoms with Crippen molar-refractivity contribution in [2.45, 2.75) is 37.6 Å². The van der Waals surface area contributed by atoms with Crippen LogP contribution in [0, 0.1) is 11.2 Å². The van der Waals surface area contributed by atoms with Crippen molar-refractivity contribution in [1.29, 1.82) is 0 Å². The average molecular weight is 384 g/mol. The Kier molecular flexibility index (Phi) is 4.92. The Balaban J connectivity index is 1.60. The van der Waals surface area contributed by atoms with Gasteiger partial charge in [0.1, 0.15) is 11.6 Å². The number of ether oxygens (including phenoxy) is 2. The molecule has 0 atom stereocenters. The van der Waals surface area contributed by atoms with Gasteiger partial charge in [0.25, 0.3) is 5.91 Å². The smallest absolute Gasteiger partial charge is 0.312 e. The molecular formula is C18H19ClFNO5. The van der Waals surface area contributed by atoms with Crippen molar-refractivity contribution in [3.05, 3.63) is 29.0 Å². The lowest BCUT2D eigenvalue weighted by Gasteiger charge is -2.50. The van der Waals surface area contributed by atoms with Gasteiger partial charge in [-0.2, -0.15) is 0 Å². The standard InChI is InChI=1S/C18H19ClFNO5/c1-25-16(24)17-4-6-18(7-5-17,14(22)9-17)21-15(23)10-26-11-2-3-12(19)13(20)8-11/h2-3,8H,4-7,9-10H2,1H3,(H,21,23). The summed E-state index contributed by atoms with van der Waals surface area (Å²) in [4.78, 5) is 36.8. The van der Waals surface area contributed by atoms with E-state index in [2.05, 4.69) is 5.32 Å². The van der Waals surface area contributed by atoms with E-state index >= 15 is 0 Å². The number of methoxy groups -OCH3 is 1. The van der Waals surface area contributed by atoms with Crippen LogP contribution in [-0.4, -0.2) is 36.9 Å². The maximum atomic E-state index is 13.4. The zero-order valence-electron chi connectivity index (χ0n) is 14.3. The molecule has 26 heavy (non-hydrogen) atoms. The second-order valence-corrected chi connectivity index (χ2v) is 7.27. The number of fused-ring (bicyclic) bond motifs is 3. The number of carbonyl (C=O) groups is 3. The zero-order valence-corrected chi connectivity index (χ0v) is 15.0. The molecule has 6 nitrogen and oxygen atoms in total. The number of Topliss-reactive ketones (excluding diaryl/α,β-unsaturated/α-hetero) is 1. The average Bonchev–Trinajstić information content (AvgIpc) is 2.63. The van der Waals surface area contributed by atoms with Crippen LogP contribution in [0.1, 0.15) is 32.1 Å². The Morgan fingerprint density at radius 3 is 2.54 bits per heavy atom. The second kappa shape index (κ2) is 6.87. The highest BCUT2D eigenvalue weighted by molar-refractivity contribution is 6.30. The van der Waals surface area contributed by atoms with Gasteiger partial charge in [0, 0.05) is 12.5 Å². The van der Waals surface area contributed by atoms with Gasteiger partial charge in [-0.25, -0.2) is 4.39 Å². The van der Waals surface area contributed by atoms with Gasteiger partial charge in [0.2, 0.25) is 0 Å².